The predicted molar refractivity (Wildman–Crippen MR) is 128 cm³/mol. The normalized spacial score (nSPS) is 19.2. The molecule has 2 heterocycles. The van der Waals surface area contributed by atoms with Crippen molar-refractivity contribution >= 4 is 31.8 Å². The van der Waals surface area contributed by atoms with E-state index in [1.165, 1.54) is 12.8 Å². The van der Waals surface area contributed by atoms with Gasteiger partial charge in [-0.05, 0) is 72.5 Å². The van der Waals surface area contributed by atoms with Crippen molar-refractivity contribution in [3.05, 3.63) is 0 Å². The lowest BCUT2D eigenvalue weighted by molar-refractivity contribution is 0.168. The maximum atomic E-state index is 5.86. The molecule has 2 aliphatic rings. The van der Waals surface area contributed by atoms with E-state index in [2.05, 4.69) is 55.4 Å². The van der Waals surface area contributed by atoms with Crippen LogP contribution >= 0.6 is 16.4 Å². The summed E-state index contributed by atoms with van der Waals surface area (Å²) < 4.78 is 9.88. The van der Waals surface area contributed by atoms with E-state index in [1.807, 2.05) is 0 Å². The van der Waals surface area contributed by atoms with Gasteiger partial charge in [-0.15, -0.1) is 8.58 Å². The van der Waals surface area contributed by atoms with Crippen molar-refractivity contribution in [1.82, 2.24) is 0 Å². The van der Waals surface area contributed by atoms with Gasteiger partial charge in [0, 0.05) is 37.1 Å². The summed E-state index contributed by atoms with van der Waals surface area (Å²) in [4.78, 5) is 0. The van der Waals surface area contributed by atoms with Gasteiger partial charge in [0.1, 0.15) is 7.85 Å². The van der Waals surface area contributed by atoms with Gasteiger partial charge in [0.15, 0.2) is 0 Å². The molecule has 0 N–H and O–H groups in total. The van der Waals surface area contributed by atoms with E-state index in [9.17, 15) is 0 Å². The van der Waals surface area contributed by atoms with Crippen LogP contribution in [0.15, 0.2) is 0 Å². The quantitative estimate of drug-likeness (QED) is 0.447. The zero-order valence-corrected chi connectivity index (χ0v) is 20.8. The van der Waals surface area contributed by atoms with Crippen LogP contribution in [0, 0.1) is 0 Å². The van der Waals surface area contributed by atoms with Crippen LogP contribution in [0.2, 0.25) is 0 Å². The third kappa shape index (κ3) is 23.0. The Hall–Kier alpha value is 0.910. The van der Waals surface area contributed by atoms with Crippen molar-refractivity contribution in [3.8, 4) is 0 Å². The lowest BCUT2D eigenvalue weighted by Gasteiger charge is -2.11. The first kappa shape index (κ1) is 29.1. The van der Waals surface area contributed by atoms with Crippen molar-refractivity contribution in [1.29, 1.82) is 0 Å². The molecule has 0 amide bonds. The molecule has 26 heavy (non-hydrogen) atoms. The van der Waals surface area contributed by atoms with E-state index in [0.29, 0.717) is 0 Å². The molecule has 0 aliphatic carbocycles. The van der Waals surface area contributed by atoms with E-state index >= 15 is 0 Å². The fourth-order valence-corrected chi connectivity index (χ4v) is 5.11. The molecule has 2 aliphatic heterocycles. The molecule has 0 saturated carbocycles. The zero-order valence-electron chi connectivity index (χ0n) is 18.8. The highest BCUT2D eigenvalue weighted by Crippen LogP contribution is 2.40. The largest absolute Gasteiger partial charge is 0.388 e. The third-order valence-corrected chi connectivity index (χ3v) is 7.79. The fraction of sp³-hybridized carbons (Fsp3) is 1.00. The van der Waals surface area contributed by atoms with Crippen molar-refractivity contribution < 1.29 is 9.47 Å². The number of rotatable bonds is 4. The molecule has 2 rings (SSSR count). The molecule has 0 bridgehead atoms. The van der Waals surface area contributed by atoms with E-state index in [0.717, 1.165) is 63.9 Å². The molecule has 2 saturated heterocycles. The fourth-order valence-electron chi connectivity index (χ4n) is 2.45. The van der Waals surface area contributed by atoms with Crippen LogP contribution in [0.5, 0.6) is 0 Å². The Balaban J connectivity index is 0. The summed E-state index contributed by atoms with van der Waals surface area (Å²) >= 11 is 0. The van der Waals surface area contributed by atoms with Crippen LogP contribution in [-0.4, -0.2) is 63.9 Å². The molecule has 1 atom stereocenters. The Bertz CT molecular complexity index is 259. The number of ether oxygens (including phenoxy) is 2. The summed E-state index contributed by atoms with van der Waals surface area (Å²) in [6.45, 7) is 20.8. The average Bonchev–Trinajstić information content (AvgIpc) is 3.21. The first-order chi connectivity index (χ1) is 12.1. The molecule has 6 heteroatoms. The first-order valence-corrected chi connectivity index (χ1v) is 13.3. The average molecular weight is 401 g/mol. The van der Waals surface area contributed by atoms with Gasteiger partial charge in [-0.3, -0.25) is 0 Å². The zero-order chi connectivity index (χ0) is 20.5. The van der Waals surface area contributed by atoms with Gasteiger partial charge in [0.05, 0.1) is 0 Å². The summed E-state index contributed by atoms with van der Waals surface area (Å²) in [5, 5.41) is 0. The van der Waals surface area contributed by atoms with Gasteiger partial charge in [-0.1, -0.05) is 27.7 Å². The molecular formula is C20H45B2O2P2+. The second kappa shape index (κ2) is 19.2. The van der Waals surface area contributed by atoms with Gasteiger partial charge in [-0.25, -0.2) is 0 Å². The highest BCUT2D eigenvalue weighted by Gasteiger charge is 2.17. The van der Waals surface area contributed by atoms with Crippen LogP contribution < -0.4 is 0 Å². The first-order valence-electron chi connectivity index (χ1n) is 10.4. The Morgan fingerprint density at radius 1 is 0.808 bits per heavy atom. The number of hydrogen-bond donors (Lipinski definition) is 0. The summed E-state index contributed by atoms with van der Waals surface area (Å²) in [5.41, 5.74) is 3.25. The second-order valence-electron chi connectivity index (χ2n) is 8.16. The van der Waals surface area contributed by atoms with Crippen LogP contribution in [0.4, 0.5) is 0 Å². The smallest absolute Gasteiger partial charge is 0.362 e. The minimum atomic E-state index is -0.524. The minimum absolute atomic E-state index is 0.0463. The van der Waals surface area contributed by atoms with Crippen LogP contribution in [-0.2, 0) is 9.47 Å². The third-order valence-electron chi connectivity index (χ3n) is 3.79. The molecule has 0 spiro atoms. The Morgan fingerprint density at radius 3 is 1.35 bits per heavy atom. The van der Waals surface area contributed by atoms with Crippen LogP contribution in [0.3, 0.4) is 0 Å². The van der Waals surface area contributed by atoms with E-state index in [1.54, 1.807) is 0 Å². The molecule has 1 unspecified atom stereocenters. The predicted octanol–water partition coefficient (Wildman–Crippen LogP) is 5.67. The van der Waals surface area contributed by atoms with E-state index < -0.39 is 7.80 Å². The Morgan fingerprint density at radius 2 is 1.27 bits per heavy atom. The van der Waals surface area contributed by atoms with Gasteiger partial charge in [0.2, 0.25) is 0 Å². The summed E-state index contributed by atoms with van der Waals surface area (Å²) in [6.07, 6.45) is 4.74. The standard InChI is InChI=1S/C6H15BP.C6H15P.C4H7BO.C4H8O/c1-5(2)8(7)6(3)4;1-5(2)7-6(3)4;5-4-2-1-3-6-4;1-2-4-5-3-1/h5-6,8H,1-4H3;5-7H,1-4H3;4H,1-3H2;1-4H2/q+1;;;. The van der Waals surface area contributed by atoms with Crippen molar-refractivity contribution in [2.24, 2.45) is 0 Å². The van der Waals surface area contributed by atoms with Crippen molar-refractivity contribution in [3.63, 3.8) is 0 Å². The molecule has 4 radical (unpaired) electrons. The van der Waals surface area contributed by atoms with Crippen LogP contribution in [0.25, 0.3) is 0 Å². The molecule has 0 aromatic heterocycles. The molecular weight excluding hydrogens is 356 g/mol. The summed E-state index contributed by atoms with van der Waals surface area (Å²) in [6, 6.07) is 0.0463. The van der Waals surface area contributed by atoms with Crippen molar-refractivity contribution in [2.45, 2.75) is 110 Å². The van der Waals surface area contributed by atoms with Crippen LogP contribution in [0.1, 0.15) is 81.1 Å². The highest BCUT2D eigenvalue weighted by molar-refractivity contribution is 7.83. The second-order valence-corrected chi connectivity index (χ2v) is 14.1. The van der Waals surface area contributed by atoms with Gasteiger partial charge in [-0.2, -0.15) is 0 Å². The van der Waals surface area contributed by atoms with E-state index in [-0.39, 0.29) is 6.00 Å². The van der Waals surface area contributed by atoms with Gasteiger partial charge in [0.25, 0.3) is 0 Å². The minimum Gasteiger partial charge on any atom is -0.388 e. The van der Waals surface area contributed by atoms with E-state index in [4.69, 9.17) is 24.9 Å². The molecule has 2 nitrogen and oxygen atoms in total. The molecule has 0 aromatic rings. The molecule has 152 valence electrons. The lowest BCUT2D eigenvalue weighted by Crippen LogP contribution is -2.01. The van der Waals surface area contributed by atoms with Crippen molar-refractivity contribution in [2.75, 3.05) is 19.8 Å². The highest BCUT2D eigenvalue weighted by atomic mass is 31.1. The molecule has 0 aromatic carbocycles. The molecule has 2 fully saturated rings. The monoisotopic (exact) mass is 401 g/mol. The Kier molecular flexibility index (Phi) is 21.5. The maximum Gasteiger partial charge on any atom is 0.362 e. The Labute approximate surface area is 171 Å². The lowest BCUT2D eigenvalue weighted by atomic mass is 9.98. The van der Waals surface area contributed by atoms with Gasteiger partial charge < -0.3 is 9.47 Å². The topological polar surface area (TPSA) is 18.5 Å². The maximum absolute atomic E-state index is 5.86. The van der Waals surface area contributed by atoms with Gasteiger partial charge >= 0.3 is 7.57 Å². The number of hydrogen-bond acceptors (Lipinski definition) is 2. The summed E-state index contributed by atoms with van der Waals surface area (Å²) in [5.74, 6) is 0. The SMILES string of the molecule is C1CCOC1.CC(C)PC(C)C.[B]C1CCCO1.[B][PH+](C(C)C)C(C)C. The summed E-state index contributed by atoms with van der Waals surface area (Å²) in [7, 11) is 11.8.